The van der Waals surface area contributed by atoms with Crippen molar-refractivity contribution in [2.45, 2.75) is 22.1 Å². The number of nitrogens with zero attached hydrogens (tertiary/aromatic N) is 1. The van der Waals surface area contributed by atoms with E-state index in [1.807, 2.05) is 0 Å². The number of nitrogens with two attached hydrogens (primary N) is 1. The van der Waals surface area contributed by atoms with Crippen LogP contribution in [0.15, 0.2) is 88.8 Å². The lowest BCUT2D eigenvalue weighted by Crippen LogP contribution is -2.18. The summed E-state index contributed by atoms with van der Waals surface area (Å²) in [5, 5.41) is 8.16. The summed E-state index contributed by atoms with van der Waals surface area (Å²) >= 11 is 0. The molecule has 3 N–H and O–H groups in total. The lowest BCUT2D eigenvalue weighted by molar-refractivity contribution is -0.116. The molecule has 1 aromatic heterocycles. The third-order valence-corrected chi connectivity index (χ3v) is 7.75. The van der Waals surface area contributed by atoms with Crippen LogP contribution < -0.4 is 10.5 Å². The number of sulfone groups is 1. The molecule has 0 unspecified atom stereocenters. The van der Waals surface area contributed by atoms with Crippen molar-refractivity contribution in [2.75, 3.05) is 5.32 Å². The van der Waals surface area contributed by atoms with Gasteiger partial charge in [-0.05, 0) is 48.0 Å². The summed E-state index contributed by atoms with van der Waals surface area (Å²) in [6.07, 6.45) is 1.39. The normalized spacial score (nSPS) is 12.1. The minimum absolute atomic E-state index is 0.0395. The van der Waals surface area contributed by atoms with Gasteiger partial charge in [0, 0.05) is 22.8 Å². The lowest BCUT2D eigenvalue weighted by Gasteiger charge is -2.08. The molecule has 0 aliphatic rings. The predicted octanol–water partition coefficient (Wildman–Crippen LogP) is 3.04. The summed E-state index contributed by atoms with van der Waals surface area (Å²) in [7, 11) is -7.69. The van der Waals surface area contributed by atoms with Gasteiger partial charge >= 0.3 is 0 Å². The molecule has 0 spiro atoms. The van der Waals surface area contributed by atoms with Gasteiger partial charge in [-0.2, -0.15) is 0 Å². The van der Waals surface area contributed by atoms with Gasteiger partial charge < -0.3 is 9.88 Å². The van der Waals surface area contributed by atoms with Gasteiger partial charge in [-0.25, -0.2) is 26.4 Å². The molecule has 8 nitrogen and oxygen atoms in total. The molecular weight excluding hydrogens is 481 g/mol. The van der Waals surface area contributed by atoms with Gasteiger partial charge in [0.25, 0.3) is 0 Å². The number of para-hydroxylation sites is 1. The number of anilines is 1. The Balaban J connectivity index is 1.60. The number of carbonyl (C=O) groups is 1. The molecule has 0 saturated heterocycles. The Bertz CT molecular complexity index is 1600. The monoisotopic (exact) mass is 501 g/mol. The maximum absolute atomic E-state index is 13.5. The molecule has 4 aromatic rings. The molecule has 176 valence electrons. The summed E-state index contributed by atoms with van der Waals surface area (Å²) < 4.78 is 64.0. The third-order valence-electron chi connectivity index (χ3n) is 5.11. The van der Waals surface area contributed by atoms with Crippen LogP contribution in [0.1, 0.15) is 5.56 Å². The van der Waals surface area contributed by atoms with Crippen LogP contribution in [-0.4, -0.2) is 27.3 Å². The number of hydrogen-bond acceptors (Lipinski definition) is 5. The summed E-state index contributed by atoms with van der Waals surface area (Å²) in [5.74, 6) is -1.36. The van der Waals surface area contributed by atoms with Crippen molar-refractivity contribution >= 4 is 42.4 Å². The molecule has 4 rings (SSSR count). The smallest absolute Gasteiger partial charge is 0.244 e. The summed E-state index contributed by atoms with van der Waals surface area (Å²) in [6.45, 7) is -0.188. The van der Waals surface area contributed by atoms with Crippen molar-refractivity contribution in [3.8, 4) is 0 Å². The quantitative estimate of drug-likeness (QED) is 0.402. The fourth-order valence-electron chi connectivity index (χ4n) is 3.60. The highest BCUT2D eigenvalue weighted by molar-refractivity contribution is 7.91. The SMILES string of the molecule is NS(=O)(=O)c1ccc(NC(=O)Cn2cc(S(=O)(=O)Cc3cccc(F)c3)c3ccccc32)cc1. The Morgan fingerprint density at radius 3 is 2.32 bits per heavy atom. The molecule has 0 aliphatic carbocycles. The number of nitrogens with one attached hydrogen (secondary N) is 1. The van der Waals surface area contributed by atoms with E-state index < -0.39 is 31.6 Å². The zero-order valence-electron chi connectivity index (χ0n) is 17.7. The molecule has 0 atom stereocenters. The molecule has 1 heterocycles. The molecule has 1 amide bonds. The van der Waals surface area contributed by atoms with Crippen molar-refractivity contribution in [3.05, 3.63) is 90.4 Å². The largest absolute Gasteiger partial charge is 0.337 e. The van der Waals surface area contributed by atoms with Crippen molar-refractivity contribution in [1.29, 1.82) is 0 Å². The van der Waals surface area contributed by atoms with Crippen molar-refractivity contribution in [1.82, 2.24) is 4.57 Å². The van der Waals surface area contributed by atoms with Crippen LogP contribution in [0.25, 0.3) is 10.9 Å². The molecule has 11 heteroatoms. The maximum atomic E-state index is 13.5. The van der Waals surface area contributed by atoms with E-state index in [-0.39, 0.29) is 22.1 Å². The number of hydrogen-bond donors (Lipinski definition) is 2. The number of amides is 1. The van der Waals surface area contributed by atoms with E-state index in [9.17, 15) is 26.0 Å². The maximum Gasteiger partial charge on any atom is 0.244 e. The molecule has 0 bridgehead atoms. The topological polar surface area (TPSA) is 128 Å². The van der Waals surface area contributed by atoms with Crippen LogP contribution in [0, 0.1) is 5.82 Å². The summed E-state index contributed by atoms with van der Waals surface area (Å²) in [4.78, 5) is 12.6. The first-order chi connectivity index (χ1) is 16.0. The fourth-order valence-corrected chi connectivity index (χ4v) is 5.68. The minimum atomic E-state index is -3.85. The van der Waals surface area contributed by atoms with Gasteiger partial charge in [-0.1, -0.05) is 30.3 Å². The molecule has 0 radical (unpaired) electrons. The molecule has 0 fully saturated rings. The van der Waals surface area contributed by atoms with Gasteiger partial charge in [0.05, 0.1) is 15.5 Å². The molecule has 0 aliphatic heterocycles. The van der Waals surface area contributed by atoms with Crippen molar-refractivity contribution in [3.63, 3.8) is 0 Å². The average molecular weight is 502 g/mol. The Hall–Kier alpha value is -3.54. The number of sulfonamides is 1. The Morgan fingerprint density at radius 2 is 1.65 bits per heavy atom. The number of fused-ring (bicyclic) bond motifs is 1. The van der Waals surface area contributed by atoms with Crippen molar-refractivity contribution in [2.24, 2.45) is 5.14 Å². The average Bonchev–Trinajstić information content (AvgIpc) is 3.12. The minimum Gasteiger partial charge on any atom is -0.337 e. The zero-order valence-corrected chi connectivity index (χ0v) is 19.3. The van der Waals surface area contributed by atoms with E-state index in [1.54, 1.807) is 24.3 Å². The zero-order chi connectivity index (χ0) is 24.5. The van der Waals surface area contributed by atoms with Gasteiger partial charge in [0.2, 0.25) is 15.9 Å². The predicted molar refractivity (Wildman–Crippen MR) is 126 cm³/mol. The van der Waals surface area contributed by atoms with Crippen LogP contribution in [0.2, 0.25) is 0 Å². The van der Waals surface area contributed by atoms with E-state index in [4.69, 9.17) is 5.14 Å². The number of aromatic nitrogens is 1. The van der Waals surface area contributed by atoms with Crippen LogP contribution >= 0.6 is 0 Å². The highest BCUT2D eigenvalue weighted by Gasteiger charge is 2.22. The molecular formula is C23H20FN3O5S2. The number of rotatable bonds is 7. The Labute approximate surface area is 195 Å². The molecule has 0 saturated carbocycles. The van der Waals surface area contributed by atoms with E-state index in [2.05, 4.69) is 5.32 Å². The second-order valence-corrected chi connectivity index (χ2v) is 11.2. The standard InChI is InChI=1S/C23H20FN3O5S2/c24-17-5-3-4-16(12-17)15-33(29,30)22-13-27(21-7-2-1-6-20(21)22)14-23(28)26-18-8-10-19(11-9-18)34(25,31)32/h1-13H,14-15H2,(H,26,28)(H2,25,31,32). The summed E-state index contributed by atoms with van der Waals surface area (Å²) in [6, 6.07) is 17.5. The number of halogens is 1. The first-order valence-corrected chi connectivity index (χ1v) is 13.2. The van der Waals surface area contributed by atoms with Gasteiger partial charge in [-0.15, -0.1) is 0 Å². The van der Waals surface area contributed by atoms with E-state index in [0.717, 1.165) is 0 Å². The summed E-state index contributed by atoms with van der Waals surface area (Å²) in [5.41, 5.74) is 1.21. The highest BCUT2D eigenvalue weighted by atomic mass is 32.2. The number of primary sulfonamides is 1. The Morgan fingerprint density at radius 1 is 0.941 bits per heavy atom. The van der Waals surface area contributed by atoms with Crippen LogP contribution in [0.5, 0.6) is 0 Å². The van der Waals surface area contributed by atoms with Gasteiger partial charge in [0.15, 0.2) is 9.84 Å². The fraction of sp³-hybridized carbons (Fsp3) is 0.0870. The van der Waals surface area contributed by atoms with Gasteiger partial charge in [0.1, 0.15) is 12.4 Å². The van der Waals surface area contributed by atoms with Crippen LogP contribution in [0.4, 0.5) is 10.1 Å². The third kappa shape index (κ3) is 5.16. The first-order valence-electron chi connectivity index (χ1n) is 10.0. The number of benzene rings is 3. The van der Waals surface area contributed by atoms with E-state index in [0.29, 0.717) is 22.2 Å². The number of carbonyl (C=O) groups excluding carboxylic acids is 1. The van der Waals surface area contributed by atoms with Crippen LogP contribution in [-0.2, 0) is 37.0 Å². The van der Waals surface area contributed by atoms with Crippen molar-refractivity contribution < 1.29 is 26.0 Å². The van der Waals surface area contributed by atoms with E-state index in [1.165, 1.54) is 59.3 Å². The van der Waals surface area contributed by atoms with E-state index >= 15 is 0 Å². The molecule has 34 heavy (non-hydrogen) atoms. The molecule has 3 aromatic carbocycles. The highest BCUT2D eigenvalue weighted by Crippen LogP contribution is 2.28. The van der Waals surface area contributed by atoms with Gasteiger partial charge in [-0.3, -0.25) is 4.79 Å². The Kier molecular flexibility index (Phi) is 6.26. The first kappa shape index (κ1) is 23.6. The van der Waals surface area contributed by atoms with Crippen LogP contribution in [0.3, 0.4) is 0 Å². The second kappa shape index (κ2) is 9.01. The second-order valence-electron chi connectivity index (χ2n) is 7.64. The lowest BCUT2D eigenvalue weighted by atomic mass is 10.2.